The molecule has 1 aromatic rings. The van der Waals surface area contributed by atoms with Crippen molar-refractivity contribution >= 4 is 34.4 Å². The molecule has 0 bridgehead atoms. The monoisotopic (exact) mass is 482 g/mol. The molecular formula is C23H32ClFN4O2S. The minimum atomic E-state index is -0.307. The molecular weight excluding hydrogens is 451 g/mol. The number of nitrogens with one attached hydrogen (secondary N) is 1. The summed E-state index contributed by atoms with van der Waals surface area (Å²) in [5, 5.41) is 5.79. The summed E-state index contributed by atoms with van der Waals surface area (Å²) < 4.78 is 20.0. The molecule has 176 valence electrons. The van der Waals surface area contributed by atoms with Gasteiger partial charge < -0.3 is 14.5 Å². The van der Waals surface area contributed by atoms with E-state index in [-0.39, 0.29) is 36.1 Å². The lowest BCUT2D eigenvalue weighted by atomic mass is 9.76. The van der Waals surface area contributed by atoms with Crippen LogP contribution in [-0.4, -0.2) is 52.5 Å². The maximum Gasteiger partial charge on any atom is 0.230 e. The molecule has 4 atom stereocenters. The number of rotatable bonds is 7. The Kier molecular flexibility index (Phi) is 7.52. The average Bonchev–Trinajstić information content (AvgIpc) is 3.16. The van der Waals surface area contributed by atoms with Gasteiger partial charge in [0.25, 0.3) is 0 Å². The van der Waals surface area contributed by atoms with Gasteiger partial charge in [-0.05, 0) is 57.6 Å². The summed E-state index contributed by atoms with van der Waals surface area (Å²) in [6.45, 7) is 7.48. The summed E-state index contributed by atoms with van der Waals surface area (Å²) >= 11 is 7.70. The Balaban J connectivity index is 1.50. The third-order valence-electron chi connectivity index (χ3n) is 6.49. The number of nitrogens with zero attached hydrogens (tertiary/aromatic N) is 3. The standard InChI is InChI=1S/C23H32ClFN4O2S/c1-14(2)31-11-5-10-28-21(30)16-12-15(3)8-9-20(16)29-22(28)26-27-23(29)32-13-17-18(24)6-4-7-19(17)25/h4,6-7,14-16,20,22,26H,5,8-13H2,1-3H3. The fraction of sp³-hybridized carbons (Fsp3) is 0.652. The van der Waals surface area contributed by atoms with Crippen LogP contribution in [0, 0.1) is 17.7 Å². The first-order chi connectivity index (χ1) is 15.4. The molecule has 0 aromatic heterocycles. The van der Waals surface area contributed by atoms with Gasteiger partial charge >= 0.3 is 0 Å². The number of thioether (sulfide) groups is 1. The van der Waals surface area contributed by atoms with Crippen molar-refractivity contribution in [3.63, 3.8) is 0 Å². The first kappa shape index (κ1) is 23.6. The molecule has 1 saturated carbocycles. The van der Waals surface area contributed by atoms with Crippen LogP contribution in [0.25, 0.3) is 0 Å². The summed E-state index contributed by atoms with van der Waals surface area (Å²) in [6, 6.07) is 4.86. The van der Waals surface area contributed by atoms with E-state index in [1.165, 1.54) is 17.8 Å². The first-order valence-electron chi connectivity index (χ1n) is 11.5. The predicted octanol–water partition coefficient (Wildman–Crippen LogP) is 4.63. The van der Waals surface area contributed by atoms with Crippen LogP contribution in [0.2, 0.25) is 5.02 Å². The Morgan fingerprint density at radius 2 is 2.19 bits per heavy atom. The first-order valence-corrected chi connectivity index (χ1v) is 12.8. The van der Waals surface area contributed by atoms with E-state index in [0.717, 1.165) is 30.9 Å². The summed E-state index contributed by atoms with van der Waals surface area (Å²) in [5.74, 6) is 0.781. The van der Waals surface area contributed by atoms with Gasteiger partial charge in [0, 0.05) is 35.5 Å². The second-order valence-corrected chi connectivity index (χ2v) is 10.5. The van der Waals surface area contributed by atoms with Gasteiger partial charge in [0.05, 0.1) is 12.0 Å². The molecule has 4 rings (SSSR count). The average molecular weight is 483 g/mol. The lowest BCUT2D eigenvalue weighted by molar-refractivity contribution is -0.156. The molecule has 2 heterocycles. The van der Waals surface area contributed by atoms with E-state index >= 15 is 0 Å². The van der Waals surface area contributed by atoms with Crippen molar-refractivity contribution in [3.05, 3.63) is 34.6 Å². The van der Waals surface area contributed by atoms with Gasteiger partial charge in [0.15, 0.2) is 11.5 Å². The summed E-state index contributed by atoms with van der Waals surface area (Å²) in [4.78, 5) is 17.6. The van der Waals surface area contributed by atoms with E-state index in [9.17, 15) is 9.18 Å². The Labute approximate surface area is 198 Å². The number of hydrogen-bond donors (Lipinski definition) is 1. The van der Waals surface area contributed by atoms with Gasteiger partial charge in [-0.1, -0.05) is 36.4 Å². The number of fused-ring (bicyclic) bond motifs is 3. The Morgan fingerprint density at radius 3 is 2.94 bits per heavy atom. The molecule has 1 N–H and O–H groups in total. The van der Waals surface area contributed by atoms with Crippen LogP contribution < -0.4 is 5.43 Å². The molecule has 6 nitrogen and oxygen atoms in total. The topological polar surface area (TPSA) is 57.2 Å². The molecule has 9 heteroatoms. The van der Waals surface area contributed by atoms with E-state index < -0.39 is 0 Å². The third-order valence-corrected chi connectivity index (χ3v) is 7.84. The number of hydrazone groups is 1. The molecule has 0 spiro atoms. The van der Waals surface area contributed by atoms with Crippen LogP contribution in [0.15, 0.2) is 23.3 Å². The van der Waals surface area contributed by atoms with E-state index in [0.29, 0.717) is 35.4 Å². The Hall–Kier alpha value is -1.51. The number of hydrogen-bond acceptors (Lipinski definition) is 6. The van der Waals surface area contributed by atoms with Gasteiger partial charge in [-0.25, -0.2) is 4.39 Å². The fourth-order valence-corrected chi connectivity index (χ4v) is 6.25. The predicted molar refractivity (Wildman–Crippen MR) is 127 cm³/mol. The number of carbonyl (C=O) groups excluding carboxylic acids is 1. The number of carbonyl (C=O) groups is 1. The highest BCUT2D eigenvalue weighted by Gasteiger charge is 2.51. The second kappa shape index (κ2) is 10.2. The quantitative estimate of drug-likeness (QED) is 0.574. The highest BCUT2D eigenvalue weighted by atomic mass is 35.5. The van der Waals surface area contributed by atoms with Crippen molar-refractivity contribution in [2.45, 2.75) is 70.6 Å². The third kappa shape index (κ3) is 4.87. The van der Waals surface area contributed by atoms with Gasteiger partial charge in [0.1, 0.15) is 5.82 Å². The molecule has 1 aromatic carbocycles. The SMILES string of the molecule is CC1CCC2C(C1)C(=O)N(CCCOC(C)C)C1NN=C(SCc3c(F)cccc3Cl)N21. The maximum absolute atomic E-state index is 14.3. The molecule has 32 heavy (non-hydrogen) atoms. The zero-order chi connectivity index (χ0) is 22.8. The van der Waals surface area contributed by atoms with E-state index in [1.54, 1.807) is 12.1 Å². The van der Waals surface area contributed by atoms with Crippen LogP contribution in [0.5, 0.6) is 0 Å². The normalized spacial score (nSPS) is 27.3. The van der Waals surface area contributed by atoms with Crippen LogP contribution >= 0.6 is 23.4 Å². The van der Waals surface area contributed by atoms with Crippen LogP contribution in [0.3, 0.4) is 0 Å². The molecule has 1 saturated heterocycles. The minimum Gasteiger partial charge on any atom is -0.379 e. The largest absolute Gasteiger partial charge is 0.379 e. The highest BCUT2D eigenvalue weighted by molar-refractivity contribution is 8.13. The molecule has 1 aliphatic carbocycles. The zero-order valence-corrected chi connectivity index (χ0v) is 20.5. The lowest BCUT2D eigenvalue weighted by Gasteiger charge is -2.51. The Bertz CT molecular complexity index is 850. The van der Waals surface area contributed by atoms with E-state index in [2.05, 4.69) is 22.4 Å². The smallest absolute Gasteiger partial charge is 0.230 e. The van der Waals surface area contributed by atoms with E-state index in [1.807, 2.05) is 18.7 Å². The fourth-order valence-electron chi connectivity index (χ4n) is 4.88. The molecule has 4 unspecified atom stereocenters. The van der Waals surface area contributed by atoms with Crippen molar-refractivity contribution in [2.24, 2.45) is 16.9 Å². The molecule has 2 aliphatic heterocycles. The lowest BCUT2D eigenvalue weighted by Crippen LogP contribution is -2.67. The summed E-state index contributed by atoms with van der Waals surface area (Å²) in [5.41, 5.74) is 3.66. The highest BCUT2D eigenvalue weighted by Crippen LogP contribution is 2.41. The maximum atomic E-state index is 14.3. The van der Waals surface area contributed by atoms with Crippen LogP contribution in [0.1, 0.15) is 52.0 Å². The van der Waals surface area contributed by atoms with Crippen LogP contribution in [0.4, 0.5) is 4.39 Å². The van der Waals surface area contributed by atoms with Crippen molar-refractivity contribution < 1.29 is 13.9 Å². The van der Waals surface area contributed by atoms with E-state index in [4.69, 9.17) is 16.3 Å². The Morgan fingerprint density at radius 1 is 1.38 bits per heavy atom. The zero-order valence-electron chi connectivity index (χ0n) is 18.9. The number of benzene rings is 1. The number of amidine groups is 1. The van der Waals surface area contributed by atoms with Crippen LogP contribution in [-0.2, 0) is 15.3 Å². The molecule has 3 aliphatic rings. The van der Waals surface area contributed by atoms with Gasteiger partial charge in [-0.2, -0.15) is 5.10 Å². The van der Waals surface area contributed by atoms with Crippen molar-refractivity contribution in [1.29, 1.82) is 0 Å². The number of halogens is 2. The number of amides is 1. The molecule has 1 amide bonds. The minimum absolute atomic E-state index is 0.0382. The molecule has 2 fully saturated rings. The van der Waals surface area contributed by atoms with Gasteiger partial charge in [-0.15, -0.1) is 0 Å². The van der Waals surface area contributed by atoms with Crippen molar-refractivity contribution in [2.75, 3.05) is 13.2 Å². The van der Waals surface area contributed by atoms with Crippen molar-refractivity contribution in [1.82, 2.24) is 15.2 Å². The molecule has 0 radical (unpaired) electrons. The summed E-state index contributed by atoms with van der Waals surface area (Å²) in [6.07, 6.45) is 3.60. The summed E-state index contributed by atoms with van der Waals surface area (Å²) in [7, 11) is 0. The number of ether oxygens (including phenoxy) is 1. The van der Waals surface area contributed by atoms with Gasteiger partial charge in [0.2, 0.25) is 5.91 Å². The second-order valence-electron chi connectivity index (χ2n) is 9.19. The van der Waals surface area contributed by atoms with Gasteiger partial charge in [-0.3, -0.25) is 10.2 Å². The van der Waals surface area contributed by atoms with Crippen molar-refractivity contribution in [3.8, 4) is 0 Å².